The number of amides is 1. The number of rotatable bonds is 5. The molecule has 3 aromatic carbocycles. The van der Waals surface area contributed by atoms with Gasteiger partial charge in [-0.05, 0) is 60.2 Å². The van der Waals surface area contributed by atoms with Crippen LogP contribution in [0.15, 0.2) is 82.4 Å². The molecule has 0 saturated heterocycles. The number of benzene rings is 3. The van der Waals surface area contributed by atoms with Crippen LogP contribution in [0.4, 0.5) is 0 Å². The highest BCUT2D eigenvalue weighted by Gasteiger charge is 2.09. The van der Waals surface area contributed by atoms with Crippen molar-refractivity contribution in [1.82, 2.24) is 5.43 Å². The Labute approximate surface area is 175 Å². The molecule has 0 radical (unpaired) electrons. The van der Waals surface area contributed by atoms with Crippen molar-refractivity contribution in [2.24, 2.45) is 5.10 Å². The molecule has 0 unspecified atom stereocenters. The number of hydrogen-bond acceptors (Lipinski definition) is 4. The third-order valence-electron chi connectivity index (χ3n) is 3.62. The molecule has 1 amide bonds. The molecule has 5 nitrogen and oxygen atoms in total. The summed E-state index contributed by atoms with van der Waals surface area (Å²) in [5.41, 5.74) is 4.00. The number of nitrogens with zero attached hydrogens (tertiary/aromatic N) is 1. The molecule has 28 heavy (non-hydrogen) atoms. The summed E-state index contributed by atoms with van der Waals surface area (Å²) in [5, 5.41) is 4.48. The zero-order valence-electron chi connectivity index (χ0n) is 14.4. The molecule has 0 bridgehead atoms. The van der Waals surface area contributed by atoms with Gasteiger partial charge in [0.2, 0.25) is 0 Å². The van der Waals surface area contributed by atoms with Gasteiger partial charge in [-0.2, -0.15) is 5.10 Å². The van der Waals surface area contributed by atoms with Gasteiger partial charge in [-0.15, -0.1) is 0 Å². The normalized spacial score (nSPS) is 10.6. The lowest BCUT2D eigenvalue weighted by molar-refractivity contribution is 0.0734. The molecule has 0 saturated carbocycles. The van der Waals surface area contributed by atoms with E-state index >= 15 is 0 Å². The fourth-order valence-electron chi connectivity index (χ4n) is 2.27. The van der Waals surface area contributed by atoms with Crippen LogP contribution in [-0.2, 0) is 0 Å². The zero-order valence-corrected chi connectivity index (χ0v) is 16.8. The average molecular weight is 458 g/mol. The van der Waals surface area contributed by atoms with E-state index in [1.165, 1.54) is 6.21 Å². The molecule has 0 aliphatic heterocycles. The van der Waals surface area contributed by atoms with Crippen molar-refractivity contribution < 1.29 is 14.3 Å². The lowest BCUT2D eigenvalue weighted by Gasteiger charge is -2.05. The van der Waals surface area contributed by atoms with Gasteiger partial charge in [-0.3, -0.25) is 4.79 Å². The summed E-state index contributed by atoms with van der Waals surface area (Å²) >= 11 is 9.13. The largest absolute Gasteiger partial charge is 0.423 e. The Morgan fingerprint density at radius 2 is 1.71 bits per heavy atom. The van der Waals surface area contributed by atoms with E-state index in [9.17, 15) is 9.59 Å². The molecule has 0 aliphatic carbocycles. The first-order valence-corrected chi connectivity index (χ1v) is 9.35. The number of carbonyl (C=O) groups excluding carboxylic acids is 2. The highest BCUT2D eigenvalue weighted by atomic mass is 79.9. The summed E-state index contributed by atoms with van der Waals surface area (Å²) in [7, 11) is 0. The Balaban J connectivity index is 1.62. The first-order chi connectivity index (χ1) is 13.5. The predicted octanol–water partition coefficient (Wildman–Crippen LogP) is 5.09. The fourth-order valence-corrected chi connectivity index (χ4v) is 2.80. The van der Waals surface area contributed by atoms with Crippen LogP contribution in [0.1, 0.15) is 26.3 Å². The molecule has 140 valence electrons. The van der Waals surface area contributed by atoms with E-state index in [2.05, 4.69) is 26.5 Å². The SMILES string of the molecule is O=C(N/N=C/c1cccc(OC(=O)c2ccc(Cl)cc2)c1)c1cccc(Br)c1. The first kappa shape index (κ1) is 19.8. The van der Waals surface area contributed by atoms with Crippen molar-refractivity contribution in [3.05, 3.63) is 99.0 Å². The van der Waals surface area contributed by atoms with E-state index < -0.39 is 5.97 Å². The van der Waals surface area contributed by atoms with Crippen LogP contribution >= 0.6 is 27.5 Å². The lowest BCUT2D eigenvalue weighted by Crippen LogP contribution is -2.17. The first-order valence-electron chi connectivity index (χ1n) is 8.18. The second-order valence-electron chi connectivity index (χ2n) is 5.68. The van der Waals surface area contributed by atoms with Crippen molar-refractivity contribution >= 4 is 45.6 Å². The Morgan fingerprint density at radius 3 is 2.46 bits per heavy atom. The molecule has 3 aromatic rings. The second kappa shape index (κ2) is 9.30. The van der Waals surface area contributed by atoms with E-state index in [0.29, 0.717) is 27.5 Å². The second-order valence-corrected chi connectivity index (χ2v) is 7.03. The molecule has 0 fully saturated rings. The van der Waals surface area contributed by atoms with Crippen LogP contribution in [0.3, 0.4) is 0 Å². The molecule has 1 N–H and O–H groups in total. The van der Waals surface area contributed by atoms with Crippen LogP contribution in [0.2, 0.25) is 5.02 Å². The quantitative estimate of drug-likeness (QED) is 0.251. The third-order valence-corrected chi connectivity index (χ3v) is 4.36. The number of hydrogen-bond donors (Lipinski definition) is 1. The van der Waals surface area contributed by atoms with Gasteiger partial charge in [0, 0.05) is 15.1 Å². The van der Waals surface area contributed by atoms with E-state index in [-0.39, 0.29) is 5.91 Å². The summed E-state index contributed by atoms with van der Waals surface area (Å²) < 4.78 is 6.16. The average Bonchev–Trinajstić information content (AvgIpc) is 2.68. The maximum Gasteiger partial charge on any atom is 0.343 e. The molecule has 0 aromatic heterocycles. The minimum absolute atomic E-state index is 0.331. The molecule has 0 heterocycles. The van der Waals surface area contributed by atoms with E-state index in [1.807, 2.05) is 6.07 Å². The monoisotopic (exact) mass is 456 g/mol. The molecular weight excluding hydrogens is 444 g/mol. The van der Waals surface area contributed by atoms with Crippen molar-refractivity contribution in [2.75, 3.05) is 0 Å². The molecule has 3 rings (SSSR count). The number of esters is 1. The maximum atomic E-state index is 12.2. The Morgan fingerprint density at radius 1 is 0.964 bits per heavy atom. The van der Waals surface area contributed by atoms with Crippen molar-refractivity contribution in [2.45, 2.75) is 0 Å². The van der Waals surface area contributed by atoms with Gasteiger partial charge >= 0.3 is 5.97 Å². The predicted molar refractivity (Wildman–Crippen MR) is 112 cm³/mol. The summed E-state index contributed by atoms with van der Waals surface area (Å²) in [6.07, 6.45) is 1.47. The number of hydrazone groups is 1. The maximum absolute atomic E-state index is 12.2. The van der Waals surface area contributed by atoms with Gasteiger partial charge in [0.25, 0.3) is 5.91 Å². The standard InChI is InChI=1S/C21H14BrClN2O3/c22-17-5-2-4-16(12-17)20(26)25-24-13-14-3-1-6-19(11-14)28-21(27)15-7-9-18(23)10-8-15/h1-13H,(H,25,26)/b24-13+. The minimum Gasteiger partial charge on any atom is -0.423 e. The van der Waals surface area contributed by atoms with Crippen LogP contribution in [-0.4, -0.2) is 18.1 Å². The van der Waals surface area contributed by atoms with Crippen LogP contribution in [0.25, 0.3) is 0 Å². The number of nitrogens with one attached hydrogen (secondary N) is 1. The topological polar surface area (TPSA) is 67.8 Å². The fraction of sp³-hybridized carbons (Fsp3) is 0. The number of carbonyl (C=O) groups is 2. The van der Waals surface area contributed by atoms with Crippen LogP contribution < -0.4 is 10.2 Å². The number of halogens is 2. The van der Waals surface area contributed by atoms with Gasteiger partial charge in [0.05, 0.1) is 11.8 Å². The number of ether oxygens (including phenoxy) is 1. The van der Waals surface area contributed by atoms with Crippen LogP contribution in [0.5, 0.6) is 5.75 Å². The summed E-state index contributed by atoms with van der Waals surface area (Å²) in [4.78, 5) is 24.2. The molecule has 0 spiro atoms. The summed E-state index contributed by atoms with van der Waals surface area (Å²) in [5.74, 6) is -0.459. The van der Waals surface area contributed by atoms with Gasteiger partial charge < -0.3 is 4.74 Å². The molecule has 0 aliphatic rings. The Hall–Kier alpha value is -2.96. The van der Waals surface area contributed by atoms with Gasteiger partial charge in [0.1, 0.15) is 5.75 Å². The van der Waals surface area contributed by atoms with Gasteiger partial charge in [0.15, 0.2) is 0 Å². The highest BCUT2D eigenvalue weighted by Crippen LogP contribution is 2.16. The van der Waals surface area contributed by atoms with Crippen LogP contribution in [0, 0.1) is 0 Å². The summed E-state index contributed by atoms with van der Waals surface area (Å²) in [6, 6.07) is 20.2. The highest BCUT2D eigenvalue weighted by molar-refractivity contribution is 9.10. The Kier molecular flexibility index (Phi) is 6.57. The minimum atomic E-state index is -0.492. The Bertz CT molecular complexity index is 1040. The van der Waals surface area contributed by atoms with Gasteiger partial charge in [-0.1, -0.05) is 45.7 Å². The van der Waals surface area contributed by atoms with Crippen molar-refractivity contribution in [1.29, 1.82) is 0 Å². The van der Waals surface area contributed by atoms with E-state index in [0.717, 1.165) is 4.47 Å². The van der Waals surface area contributed by atoms with E-state index in [1.54, 1.807) is 66.7 Å². The summed E-state index contributed by atoms with van der Waals surface area (Å²) in [6.45, 7) is 0. The molecule has 0 atom stereocenters. The van der Waals surface area contributed by atoms with Gasteiger partial charge in [-0.25, -0.2) is 10.2 Å². The van der Waals surface area contributed by atoms with E-state index in [4.69, 9.17) is 16.3 Å². The smallest absolute Gasteiger partial charge is 0.343 e. The third kappa shape index (κ3) is 5.52. The van der Waals surface area contributed by atoms with Crippen molar-refractivity contribution in [3.63, 3.8) is 0 Å². The molecule has 7 heteroatoms. The lowest BCUT2D eigenvalue weighted by atomic mass is 10.2. The molecular formula is C21H14BrClN2O3. The van der Waals surface area contributed by atoms with Crippen molar-refractivity contribution in [3.8, 4) is 5.75 Å². The zero-order chi connectivity index (χ0) is 19.9.